The van der Waals surface area contributed by atoms with Gasteiger partial charge in [-0.2, -0.15) is 0 Å². The minimum atomic E-state index is -4.30. The van der Waals surface area contributed by atoms with Gasteiger partial charge in [0.05, 0.1) is 14.7 Å². The molecular formula is C24H16N2O5S2. The standard InChI is InChI=1S/C24H16N2O5S2/c27-32(28,18-10-3-1-4-11-18)23-20-14-8-7-9-17(20)15-21(22-16-31-26-25-22)24(23)33(29,30)19-12-5-2-6-13-19/h1-16H. The van der Waals surface area contributed by atoms with Gasteiger partial charge in [-0.25, -0.2) is 16.8 Å². The van der Waals surface area contributed by atoms with Gasteiger partial charge in [0.15, 0.2) is 6.26 Å². The largest absolute Gasteiger partial charge is 0.345 e. The topological polar surface area (TPSA) is 107 Å². The van der Waals surface area contributed by atoms with E-state index in [0.717, 1.165) is 0 Å². The first-order valence-electron chi connectivity index (χ1n) is 9.84. The molecule has 0 aliphatic rings. The van der Waals surface area contributed by atoms with Crippen molar-refractivity contribution in [2.24, 2.45) is 0 Å². The Morgan fingerprint density at radius 2 is 1.18 bits per heavy atom. The van der Waals surface area contributed by atoms with E-state index >= 15 is 0 Å². The van der Waals surface area contributed by atoms with E-state index < -0.39 is 19.7 Å². The summed E-state index contributed by atoms with van der Waals surface area (Å²) in [5, 5.41) is 8.16. The van der Waals surface area contributed by atoms with Gasteiger partial charge in [-0.05, 0) is 35.7 Å². The first-order valence-corrected chi connectivity index (χ1v) is 12.8. The maximum Gasteiger partial charge on any atom is 0.208 e. The third-order valence-electron chi connectivity index (χ3n) is 5.24. The molecule has 7 nitrogen and oxygen atoms in total. The number of aromatic nitrogens is 2. The Morgan fingerprint density at radius 1 is 0.636 bits per heavy atom. The molecule has 5 rings (SSSR count). The Labute approximate surface area is 190 Å². The van der Waals surface area contributed by atoms with Gasteiger partial charge >= 0.3 is 0 Å². The van der Waals surface area contributed by atoms with Crippen molar-refractivity contribution in [1.82, 2.24) is 10.4 Å². The number of fused-ring (bicyclic) bond motifs is 1. The van der Waals surface area contributed by atoms with Crippen molar-refractivity contribution in [1.29, 1.82) is 0 Å². The van der Waals surface area contributed by atoms with E-state index in [4.69, 9.17) is 4.52 Å². The van der Waals surface area contributed by atoms with Gasteiger partial charge in [0.25, 0.3) is 0 Å². The molecule has 1 heterocycles. The van der Waals surface area contributed by atoms with Gasteiger partial charge in [-0.3, -0.25) is 0 Å². The summed E-state index contributed by atoms with van der Waals surface area (Å²) in [6.45, 7) is 0. The summed E-state index contributed by atoms with van der Waals surface area (Å²) in [6.07, 6.45) is 1.19. The van der Waals surface area contributed by atoms with E-state index in [1.54, 1.807) is 66.7 Å². The smallest absolute Gasteiger partial charge is 0.208 e. The molecule has 0 bridgehead atoms. The van der Waals surface area contributed by atoms with Crippen LogP contribution < -0.4 is 0 Å². The first kappa shape index (κ1) is 21.0. The lowest BCUT2D eigenvalue weighted by Gasteiger charge is -2.18. The molecule has 0 amide bonds. The second kappa shape index (κ2) is 7.95. The zero-order chi connectivity index (χ0) is 23.1. The third kappa shape index (κ3) is 3.51. The number of sulfone groups is 2. The molecule has 0 aliphatic heterocycles. The molecule has 0 aliphatic carbocycles. The average molecular weight is 477 g/mol. The second-order valence-electron chi connectivity index (χ2n) is 7.23. The molecule has 33 heavy (non-hydrogen) atoms. The number of hydrogen-bond donors (Lipinski definition) is 0. The molecule has 0 radical (unpaired) electrons. The van der Waals surface area contributed by atoms with Crippen LogP contribution in [0.5, 0.6) is 0 Å². The monoisotopic (exact) mass is 476 g/mol. The lowest BCUT2D eigenvalue weighted by atomic mass is 10.1. The zero-order valence-corrected chi connectivity index (χ0v) is 18.6. The molecule has 0 saturated carbocycles. The molecule has 5 aromatic rings. The molecule has 0 N–H and O–H groups in total. The van der Waals surface area contributed by atoms with Crippen molar-refractivity contribution in [2.75, 3.05) is 0 Å². The fourth-order valence-corrected chi connectivity index (χ4v) is 7.53. The van der Waals surface area contributed by atoms with E-state index in [1.807, 2.05) is 0 Å². The Kier molecular flexibility index (Phi) is 5.07. The van der Waals surface area contributed by atoms with Gasteiger partial charge in [0.1, 0.15) is 10.6 Å². The van der Waals surface area contributed by atoms with Crippen LogP contribution in [-0.4, -0.2) is 27.2 Å². The van der Waals surface area contributed by atoms with E-state index in [9.17, 15) is 16.8 Å². The van der Waals surface area contributed by atoms with Crippen LogP contribution in [0.25, 0.3) is 22.0 Å². The molecule has 0 spiro atoms. The summed E-state index contributed by atoms with van der Waals surface area (Å²) in [6, 6.07) is 23.8. The van der Waals surface area contributed by atoms with Crippen molar-refractivity contribution in [2.45, 2.75) is 19.6 Å². The van der Waals surface area contributed by atoms with Crippen molar-refractivity contribution in [3.8, 4) is 11.3 Å². The Balaban J connectivity index is 2.00. The van der Waals surface area contributed by atoms with Gasteiger partial charge < -0.3 is 4.52 Å². The molecule has 0 fully saturated rings. The third-order valence-corrected chi connectivity index (χ3v) is 9.07. The molecule has 9 heteroatoms. The van der Waals surface area contributed by atoms with Crippen molar-refractivity contribution in [3.05, 3.63) is 97.3 Å². The summed E-state index contributed by atoms with van der Waals surface area (Å²) in [5.41, 5.74) is 0.202. The molecule has 0 unspecified atom stereocenters. The van der Waals surface area contributed by atoms with Crippen LogP contribution in [-0.2, 0) is 19.7 Å². The highest BCUT2D eigenvalue weighted by Gasteiger charge is 2.35. The molecule has 0 atom stereocenters. The first-order chi connectivity index (χ1) is 15.9. The predicted molar refractivity (Wildman–Crippen MR) is 121 cm³/mol. The Bertz CT molecular complexity index is 1670. The maximum atomic E-state index is 13.9. The number of rotatable bonds is 5. The zero-order valence-electron chi connectivity index (χ0n) is 17.0. The van der Waals surface area contributed by atoms with Crippen LogP contribution in [0, 0.1) is 0 Å². The van der Waals surface area contributed by atoms with E-state index in [1.165, 1.54) is 30.5 Å². The predicted octanol–water partition coefficient (Wildman–Crippen LogP) is 4.56. The minimum absolute atomic E-state index is 0.0184. The quantitative estimate of drug-likeness (QED) is 0.366. The fraction of sp³-hybridized carbons (Fsp3) is 0. The normalized spacial score (nSPS) is 12.1. The SMILES string of the molecule is O=S(=O)(c1ccccc1)c1c(-c2conn2)cc2ccccc2c1S(=O)(=O)c1ccccc1. The van der Waals surface area contributed by atoms with Crippen molar-refractivity contribution < 1.29 is 21.4 Å². The highest BCUT2D eigenvalue weighted by atomic mass is 32.2. The van der Waals surface area contributed by atoms with Crippen molar-refractivity contribution >= 4 is 30.4 Å². The van der Waals surface area contributed by atoms with Crippen LogP contribution in [0.2, 0.25) is 0 Å². The van der Waals surface area contributed by atoms with Gasteiger partial charge in [-0.15, -0.1) is 5.10 Å². The van der Waals surface area contributed by atoms with Crippen LogP contribution in [0.4, 0.5) is 0 Å². The summed E-state index contributed by atoms with van der Waals surface area (Å²) in [7, 11) is -8.56. The molecule has 4 aromatic carbocycles. The molecule has 0 saturated heterocycles. The summed E-state index contributed by atoms with van der Waals surface area (Å²) in [5.74, 6) is 0. The highest BCUT2D eigenvalue weighted by Crippen LogP contribution is 2.42. The van der Waals surface area contributed by atoms with Gasteiger partial charge in [-0.1, -0.05) is 60.7 Å². The van der Waals surface area contributed by atoms with Gasteiger partial charge in [0, 0.05) is 16.2 Å². The summed E-state index contributed by atoms with van der Waals surface area (Å²) >= 11 is 0. The second-order valence-corrected chi connectivity index (χ2v) is 11.0. The van der Waals surface area contributed by atoms with E-state index in [0.29, 0.717) is 5.39 Å². The van der Waals surface area contributed by atoms with Crippen LogP contribution in [0.3, 0.4) is 0 Å². The van der Waals surface area contributed by atoms with E-state index in [-0.39, 0.29) is 36.2 Å². The number of hydrogen-bond acceptors (Lipinski definition) is 7. The van der Waals surface area contributed by atoms with Crippen LogP contribution in [0.1, 0.15) is 0 Å². The average Bonchev–Trinajstić information content (AvgIpc) is 3.39. The summed E-state index contributed by atoms with van der Waals surface area (Å²) < 4.78 is 60.6. The van der Waals surface area contributed by atoms with Crippen LogP contribution >= 0.6 is 0 Å². The minimum Gasteiger partial charge on any atom is -0.345 e. The number of benzene rings is 4. The highest BCUT2D eigenvalue weighted by molar-refractivity contribution is 7.94. The molecular weight excluding hydrogens is 460 g/mol. The maximum absolute atomic E-state index is 13.9. The lowest BCUT2D eigenvalue weighted by molar-refractivity contribution is 0.393. The van der Waals surface area contributed by atoms with E-state index in [2.05, 4.69) is 10.4 Å². The summed E-state index contributed by atoms with van der Waals surface area (Å²) in [4.78, 5) is -0.738. The Morgan fingerprint density at radius 3 is 1.76 bits per heavy atom. The lowest BCUT2D eigenvalue weighted by Crippen LogP contribution is -2.13. The number of nitrogens with zero attached hydrogens (tertiary/aromatic N) is 2. The molecule has 164 valence electrons. The van der Waals surface area contributed by atoms with Crippen molar-refractivity contribution in [3.63, 3.8) is 0 Å². The fourth-order valence-electron chi connectivity index (χ4n) is 3.74. The molecule has 1 aromatic heterocycles. The Hall–Kier alpha value is -3.82. The van der Waals surface area contributed by atoms with Gasteiger partial charge in [0.2, 0.25) is 19.7 Å². The van der Waals surface area contributed by atoms with Crippen LogP contribution in [0.15, 0.2) is 121 Å².